The molecule has 2 aliphatic rings. The number of nitrogens with one attached hydrogen (secondary N) is 1. The van der Waals surface area contributed by atoms with Crippen LogP contribution in [0.5, 0.6) is 0 Å². The van der Waals surface area contributed by atoms with Crippen molar-refractivity contribution in [3.8, 4) is 10.6 Å². The second-order valence-corrected chi connectivity index (χ2v) is 9.01. The predicted octanol–water partition coefficient (Wildman–Crippen LogP) is 5.45. The number of rotatable bonds is 7. The zero-order valence-corrected chi connectivity index (χ0v) is 18.1. The van der Waals surface area contributed by atoms with Crippen molar-refractivity contribution >= 4 is 29.2 Å². The third-order valence-electron chi connectivity index (χ3n) is 5.67. The van der Waals surface area contributed by atoms with Crippen molar-refractivity contribution < 1.29 is 18.3 Å². The van der Waals surface area contributed by atoms with Gasteiger partial charge in [0, 0.05) is 28.4 Å². The molecule has 32 heavy (non-hydrogen) atoms. The van der Waals surface area contributed by atoms with Gasteiger partial charge in [-0.3, -0.25) is 4.90 Å². The lowest BCUT2D eigenvalue weighted by molar-refractivity contribution is 0.151. The molecule has 5 rings (SSSR count). The Labute approximate surface area is 187 Å². The van der Waals surface area contributed by atoms with E-state index in [2.05, 4.69) is 20.3 Å². The molecule has 1 unspecified atom stereocenters. The van der Waals surface area contributed by atoms with E-state index in [1.54, 1.807) is 35.5 Å². The first-order chi connectivity index (χ1) is 15.5. The van der Waals surface area contributed by atoms with Crippen LogP contribution in [0.1, 0.15) is 42.7 Å². The maximum atomic E-state index is 12.8. The number of nitrogens with zero attached hydrogens (tertiary/aromatic N) is 4. The summed E-state index contributed by atoms with van der Waals surface area (Å²) in [6, 6.07) is 7.75. The Morgan fingerprint density at radius 1 is 1.19 bits per heavy atom. The summed E-state index contributed by atoms with van der Waals surface area (Å²) in [6.45, 7) is 2.36. The molecule has 1 aromatic carbocycles. The Kier molecular flexibility index (Phi) is 5.46. The molecule has 1 N–H and O–H groups in total. The van der Waals surface area contributed by atoms with E-state index in [0.29, 0.717) is 24.3 Å². The minimum atomic E-state index is -2.49. The molecule has 10 heteroatoms. The molecule has 3 aromatic rings. The van der Waals surface area contributed by atoms with E-state index in [9.17, 15) is 13.6 Å². The predicted molar refractivity (Wildman–Crippen MR) is 117 cm³/mol. The van der Waals surface area contributed by atoms with E-state index < -0.39 is 6.43 Å². The van der Waals surface area contributed by atoms with E-state index in [1.807, 2.05) is 6.92 Å². The quantitative estimate of drug-likeness (QED) is 0.508. The molecule has 0 spiro atoms. The molecule has 2 aromatic heterocycles. The summed E-state index contributed by atoms with van der Waals surface area (Å²) in [5.74, 6) is 1.40. The van der Waals surface area contributed by atoms with Crippen LogP contribution >= 0.6 is 11.3 Å². The van der Waals surface area contributed by atoms with Crippen LogP contribution in [-0.4, -0.2) is 33.7 Å². The number of hydrogen-bond acceptors (Lipinski definition) is 7. The van der Waals surface area contributed by atoms with Gasteiger partial charge in [0.2, 0.25) is 5.95 Å². The number of halogens is 2. The van der Waals surface area contributed by atoms with E-state index in [-0.39, 0.29) is 23.7 Å². The van der Waals surface area contributed by atoms with Gasteiger partial charge in [-0.25, -0.2) is 23.5 Å². The fourth-order valence-corrected chi connectivity index (χ4v) is 4.66. The minimum Gasteiger partial charge on any atom is -0.447 e. The molecule has 3 heterocycles. The second-order valence-electron chi connectivity index (χ2n) is 7.95. The molecule has 1 aliphatic carbocycles. The number of ether oxygens (including phenoxy) is 1. The average Bonchev–Trinajstić information content (AvgIpc) is 3.37. The van der Waals surface area contributed by atoms with Gasteiger partial charge < -0.3 is 10.1 Å². The van der Waals surface area contributed by atoms with Crippen molar-refractivity contribution in [1.29, 1.82) is 0 Å². The third-order valence-corrected chi connectivity index (χ3v) is 6.89. The van der Waals surface area contributed by atoms with Gasteiger partial charge in [0.15, 0.2) is 0 Å². The van der Waals surface area contributed by atoms with Crippen molar-refractivity contribution in [2.24, 2.45) is 5.92 Å². The zero-order valence-electron chi connectivity index (χ0n) is 17.2. The summed E-state index contributed by atoms with van der Waals surface area (Å²) in [5, 5.41) is 4.00. The zero-order chi connectivity index (χ0) is 22.2. The summed E-state index contributed by atoms with van der Waals surface area (Å²) < 4.78 is 30.8. The Balaban J connectivity index is 1.30. The Morgan fingerprint density at radius 3 is 2.69 bits per heavy atom. The second kappa shape index (κ2) is 8.42. The number of thiazole rings is 1. The summed E-state index contributed by atoms with van der Waals surface area (Å²) in [4.78, 5) is 28.1. The highest BCUT2D eigenvalue weighted by Gasteiger charge is 2.44. The van der Waals surface area contributed by atoms with Gasteiger partial charge in [-0.2, -0.15) is 4.98 Å². The SMILES string of the molecule is C[C@H](Nc1nccc(N2C(=O)OCC2C2CC2)n1)c1cnc(-c2ccc(C(F)F)cc2)s1. The summed E-state index contributed by atoms with van der Waals surface area (Å²) in [6.07, 6.45) is 2.72. The van der Waals surface area contributed by atoms with Crippen LogP contribution in [0.3, 0.4) is 0 Å². The number of hydrogen-bond donors (Lipinski definition) is 1. The average molecular weight is 458 g/mol. The van der Waals surface area contributed by atoms with Gasteiger partial charge in [-0.05, 0) is 31.7 Å². The summed E-state index contributed by atoms with van der Waals surface area (Å²) in [5.41, 5.74) is 0.776. The largest absolute Gasteiger partial charge is 0.447 e. The van der Waals surface area contributed by atoms with Crippen molar-refractivity contribution in [2.45, 2.75) is 38.3 Å². The number of benzene rings is 1. The van der Waals surface area contributed by atoms with Gasteiger partial charge in [0.05, 0.1) is 12.1 Å². The molecule has 1 saturated heterocycles. The van der Waals surface area contributed by atoms with E-state index in [4.69, 9.17) is 4.74 Å². The van der Waals surface area contributed by atoms with Gasteiger partial charge >= 0.3 is 6.09 Å². The van der Waals surface area contributed by atoms with Crippen LogP contribution in [0.25, 0.3) is 10.6 Å². The molecule has 1 amide bonds. The number of aromatic nitrogens is 3. The Morgan fingerprint density at radius 2 is 1.97 bits per heavy atom. The first-order valence-corrected chi connectivity index (χ1v) is 11.2. The fourth-order valence-electron chi connectivity index (χ4n) is 3.74. The lowest BCUT2D eigenvalue weighted by Gasteiger charge is -2.20. The minimum absolute atomic E-state index is 0.0107. The molecule has 7 nitrogen and oxygen atoms in total. The van der Waals surface area contributed by atoms with Crippen LogP contribution in [0.4, 0.5) is 25.3 Å². The molecule has 0 radical (unpaired) electrons. The Bertz CT molecular complexity index is 1120. The topological polar surface area (TPSA) is 80.2 Å². The van der Waals surface area contributed by atoms with Crippen LogP contribution in [-0.2, 0) is 4.74 Å². The smallest absolute Gasteiger partial charge is 0.415 e. The molecular formula is C22H21F2N5O2S. The molecule has 1 saturated carbocycles. The van der Waals surface area contributed by atoms with Gasteiger partial charge in [0.25, 0.3) is 6.43 Å². The first kappa shape index (κ1) is 20.7. The standard InChI is InChI=1S/C22H21F2N5O2S/c1-12(17-10-26-20(32-17)15-6-4-14(5-7-15)19(23)24)27-21-25-9-8-18(28-21)29-16(13-2-3-13)11-31-22(29)30/h4-10,12-13,16,19H,2-3,11H2,1H3,(H,25,27,28)/t12-,16?/m0/s1. The number of alkyl halides is 2. The summed E-state index contributed by atoms with van der Waals surface area (Å²) >= 11 is 1.47. The maximum Gasteiger partial charge on any atom is 0.415 e. The monoisotopic (exact) mass is 457 g/mol. The van der Waals surface area contributed by atoms with E-state index in [0.717, 1.165) is 28.3 Å². The van der Waals surface area contributed by atoms with E-state index in [1.165, 1.54) is 23.5 Å². The first-order valence-electron chi connectivity index (χ1n) is 10.4. The molecule has 2 atom stereocenters. The maximum absolute atomic E-state index is 12.8. The highest BCUT2D eigenvalue weighted by atomic mass is 32.1. The molecule has 1 aliphatic heterocycles. The number of amides is 1. The molecule has 0 bridgehead atoms. The van der Waals surface area contributed by atoms with Crippen molar-refractivity contribution in [1.82, 2.24) is 15.0 Å². The third kappa shape index (κ3) is 4.14. The van der Waals surface area contributed by atoms with Crippen LogP contribution in [0, 0.1) is 5.92 Å². The van der Waals surface area contributed by atoms with Crippen molar-refractivity contribution in [3.05, 3.63) is 53.2 Å². The molecule has 166 valence electrons. The van der Waals surface area contributed by atoms with Crippen LogP contribution < -0.4 is 10.2 Å². The van der Waals surface area contributed by atoms with Gasteiger partial charge in [0.1, 0.15) is 17.4 Å². The van der Waals surface area contributed by atoms with Crippen molar-refractivity contribution in [2.75, 3.05) is 16.8 Å². The fraction of sp³-hybridized carbons (Fsp3) is 0.364. The highest BCUT2D eigenvalue weighted by Crippen LogP contribution is 2.39. The van der Waals surface area contributed by atoms with Crippen LogP contribution in [0.2, 0.25) is 0 Å². The lowest BCUT2D eigenvalue weighted by atomic mass is 10.1. The normalized spacial score (nSPS) is 19.3. The van der Waals surface area contributed by atoms with Gasteiger partial charge in [-0.1, -0.05) is 24.3 Å². The number of cyclic esters (lactones) is 1. The van der Waals surface area contributed by atoms with Gasteiger partial charge in [-0.15, -0.1) is 11.3 Å². The lowest BCUT2D eigenvalue weighted by Crippen LogP contribution is -2.35. The number of carbonyl (C=O) groups is 1. The summed E-state index contributed by atoms with van der Waals surface area (Å²) in [7, 11) is 0. The van der Waals surface area contributed by atoms with E-state index >= 15 is 0 Å². The molecule has 2 fully saturated rings. The van der Waals surface area contributed by atoms with Crippen molar-refractivity contribution in [3.63, 3.8) is 0 Å². The highest BCUT2D eigenvalue weighted by molar-refractivity contribution is 7.15. The Hall–Kier alpha value is -3.14. The number of carbonyl (C=O) groups excluding carboxylic acids is 1. The van der Waals surface area contributed by atoms with Crippen LogP contribution in [0.15, 0.2) is 42.7 Å². The molecular weight excluding hydrogens is 436 g/mol. The number of anilines is 2.